The summed E-state index contributed by atoms with van der Waals surface area (Å²) in [7, 11) is 0. The van der Waals surface area contributed by atoms with Crippen molar-refractivity contribution in [1.29, 1.82) is 0 Å². The number of nitrogens with one attached hydrogen (secondary N) is 2. The van der Waals surface area contributed by atoms with Crippen molar-refractivity contribution in [2.24, 2.45) is 0 Å². The van der Waals surface area contributed by atoms with E-state index in [1.165, 1.54) is 0 Å². The number of urea groups is 1. The molecule has 2 amide bonds. The number of rotatable bonds is 6. The lowest BCUT2D eigenvalue weighted by Crippen LogP contribution is -2.30. The summed E-state index contributed by atoms with van der Waals surface area (Å²) in [5.41, 5.74) is 0.763. The lowest BCUT2D eigenvalue weighted by Gasteiger charge is -2.10. The quantitative estimate of drug-likeness (QED) is 0.479. The summed E-state index contributed by atoms with van der Waals surface area (Å²) < 4.78 is 6.52. The highest BCUT2D eigenvalue weighted by molar-refractivity contribution is 9.10. The van der Waals surface area contributed by atoms with Crippen LogP contribution in [0.4, 0.5) is 10.5 Å². The largest absolute Gasteiger partial charge is 0.492 e. The first kappa shape index (κ1) is 18.5. The zero-order chi connectivity index (χ0) is 18.4. The summed E-state index contributed by atoms with van der Waals surface area (Å²) >= 11 is 9.44. The summed E-state index contributed by atoms with van der Waals surface area (Å²) in [5, 5.41) is 8.45. The molecule has 0 aromatic heterocycles. The predicted molar refractivity (Wildman–Crippen MR) is 110 cm³/mol. The van der Waals surface area contributed by atoms with Gasteiger partial charge in [0.1, 0.15) is 5.75 Å². The van der Waals surface area contributed by atoms with Crippen LogP contribution >= 0.6 is 27.5 Å². The Balaban J connectivity index is 1.41. The minimum atomic E-state index is -0.234. The lowest BCUT2D eigenvalue weighted by atomic mass is 10.1. The number of carbonyl (C=O) groups is 1. The minimum Gasteiger partial charge on any atom is -0.492 e. The van der Waals surface area contributed by atoms with Gasteiger partial charge in [-0.1, -0.05) is 57.9 Å². The van der Waals surface area contributed by atoms with E-state index in [0.717, 1.165) is 20.9 Å². The summed E-state index contributed by atoms with van der Waals surface area (Å²) in [6, 6.07) is 19.1. The zero-order valence-electron chi connectivity index (χ0n) is 14.0. The molecule has 0 heterocycles. The number of hydrogen-bond donors (Lipinski definition) is 2. The van der Waals surface area contributed by atoms with Crippen molar-refractivity contribution in [3.8, 4) is 5.75 Å². The Bertz CT molecular complexity index is 917. The molecule has 6 heteroatoms. The summed E-state index contributed by atoms with van der Waals surface area (Å²) in [4.78, 5) is 12.0. The van der Waals surface area contributed by atoms with Gasteiger partial charge in [-0.15, -0.1) is 0 Å². The summed E-state index contributed by atoms with van der Waals surface area (Å²) in [5.74, 6) is 0.635. The van der Waals surface area contributed by atoms with Crippen molar-refractivity contribution >= 4 is 50.0 Å². The van der Waals surface area contributed by atoms with Crippen LogP contribution in [-0.2, 0) is 0 Å². The number of hydrogen-bond acceptors (Lipinski definition) is 2. The van der Waals surface area contributed by atoms with Gasteiger partial charge in [-0.3, -0.25) is 0 Å². The molecule has 0 saturated heterocycles. The molecule has 0 fully saturated rings. The van der Waals surface area contributed by atoms with Crippen LogP contribution < -0.4 is 15.4 Å². The molecule has 3 aromatic rings. The summed E-state index contributed by atoms with van der Waals surface area (Å²) in [6.07, 6.45) is 0.678. The standard InChI is InChI=1S/C20H18BrClN2O2/c21-16-7-9-19(18(22)13-16)26-11-3-10-23-20(25)24-17-8-6-14-4-1-2-5-15(14)12-17/h1-2,4-9,12-13H,3,10-11H2,(H2,23,24,25). The third kappa shape index (κ3) is 5.13. The Labute approximate surface area is 165 Å². The lowest BCUT2D eigenvalue weighted by molar-refractivity contribution is 0.250. The van der Waals surface area contributed by atoms with Gasteiger partial charge in [0.25, 0.3) is 0 Å². The van der Waals surface area contributed by atoms with Crippen LogP contribution in [-0.4, -0.2) is 19.2 Å². The molecule has 0 aliphatic heterocycles. The third-order valence-electron chi connectivity index (χ3n) is 3.77. The molecule has 0 unspecified atom stereocenters. The van der Waals surface area contributed by atoms with Crippen molar-refractivity contribution in [3.63, 3.8) is 0 Å². The Morgan fingerprint density at radius 1 is 1.04 bits per heavy atom. The first-order chi connectivity index (χ1) is 12.6. The number of amides is 2. The van der Waals surface area contributed by atoms with Gasteiger partial charge >= 0.3 is 6.03 Å². The van der Waals surface area contributed by atoms with Crippen molar-refractivity contribution in [2.75, 3.05) is 18.5 Å². The van der Waals surface area contributed by atoms with Gasteiger partial charge in [-0.25, -0.2) is 4.79 Å². The first-order valence-corrected chi connectivity index (χ1v) is 9.40. The number of fused-ring (bicyclic) bond motifs is 1. The molecule has 0 bridgehead atoms. The van der Waals surface area contributed by atoms with Crippen molar-refractivity contribution in [1.82, 2.24) is 5.32 Å². The normalized spacial score (nSPS) is 10.5. The third-order valence-corrected chi connectivity index (χ3v) is 4.55. The van der Waals surface area contributed by atoms with Gasteiger partial charge in [-0.2, -0.15) is 0 Å². The fourth-order valence-electron chi connectivity index (χ4n) is 2.49. The topological polar surface area (TPSA) is 50.4 Å². The molecule has 0 spiro atoms. The molecule has 2 N–H and O–H groups in total. The van der Waals surface area contributed by atoms with Crippen LogP contribution in [0.15, 0.2) is 65.1 Å². The van der Waals surface area contributed by atoms with Crippen LogP contribution in [0.2, 0.25) is 5.02 Å². The smallest absolute Gasteiger partial charge is 0.319 e. The molecular formula is C20H18BrClN2O2. The van der Waals surface area contributed by atoms with Gasteiger partial charge in [0, 0.05) is 16.7 Å². The second-order valence-corrected chi connectivity index (χ2v) is 7.04. The van der Waals surface area contributed by atoms with E-state index >= 15 is 0 Å². The maximum atomic E-state index is 12.0. The van der Waals surface area contributed by atoms with E-state index in [1.54, 1.807) is 6.07 Å². The van der Waals surface area contributed by atoms with Crippen LogP contribution in [0.25, 0.3) is 10.8 Å². The Hall–Kier alpha value is -2.24. The Morgan fingerprint density at radius 2 is 1.85 bits per heavy atom. The van der Waals surface area contributed by atoms with E-state index in [4.69, 9.17) is 16.3 Å². The average molecular weight is 434 g/mol. The van der Waals surface area contributed by atoms with Crippen LogP contribution in [0.5, 0.6) is 5.75 Å². The number of anilines is 1. The number of benzene rings is 3. The molecule has 3 aromatic carbocycles. The van der Waals surface area contributed by atoms with Crippen LogP contribution in [0, 0.1) is 0 Å². The molecule has 26 heavy (non-hydrogen) atoms. The van der Waals surface area contributed by atoms with E-state index < -0.39 is 0 Å². The maximum Gasteiger partial charge on any atom is 0.319 e. The van der Waals surface area contributed by atoms with Gasteiger partial charge in [0.2, 0.25) is 0 Å². The molecule has 134 valence electrons. The maximum absolute atomic E-state index is 12.0. The molecule has 0 radical (unpaired) electrons. The molecular weight excluding hydrogens is 416 g/mol. The van der Waals surface area contributed by atoms with E-state index in [-0.39, 0.29) is 6.03 Å². The molecule has 0 saturated carbocycles. The first-order valence-electron chi connectivity index (χ1n) is 8.23. The fraction of sp³-hybridized carbons (Fsp3) is 0.150. The van der Waals surface area contributed by atoms with Gasteiger partial charge in [0.15, 0.2) is 0 Å². The average Bonchev–Trinajstić information content (AvgIpc) is 2.63. The minimum absolute atomic E-state index is 0.234. The molecule has 3 rings (SSSR count). The number of halogens is 2. The predicted octanol–water partition coefficient (Wildman–Crippen LogP) is 5.85. The highest BCUT2D eigenvalue weighted by atomic mass is 79.9. The van der Waals surface area contributed by atoms with Gasteiger partial charge in [0.05, 0.1) is 11.6 Å². The highest BCUT2D eigenvalue weighted by Gasteiger charge is 2.04. The van der Waals surface area contributed by atoms with Crippen LogP contribution in [0.1, 0.15) is 6.42 Å². The number of carbonyl (C=O) groups excluding carboxylic acids is 1. The van der Waals surface area contributed by atoms with Crippen molar-refractivity contribution < 1.29 is 9.53 Å². The highest BCUT2D eigenvalue weighted by Crippen LogP contribution is 2.27. The van der Waals surface area contributed by atoms with Gasteiger partial charge in [-0.05, 0) is 47.5 Å². The van der Waals surface area contributed by atoms with Crippen molar-refractivity contribution in [3.05, 3.63) is 70.2 Å². The molecule has 0 atom stereocenters. The van der Waals surface area contributed by atoms with Crippen molar-refractivity contribution in [2.45, 2.75) is 6.42 Å². The van der Waals surface area contributed by atoms with E-state index in [0.29, 0.717) is 30.3 Å². The fourth-order valence-corrected chi connectivity index (χ4v) is 3.22. The van der Waals surface area contributed by atoms with Gasteiger partial charge < -0.3 is 15.4 Å². The Morgan fingerprint density at radius 3 is 2.65 bits per heavy atom. The molecule has 0 aliphatic carbocycles. The van der Waals surface area contributed by atoms with Crippen LogP contribution in [0.3, 0.4) is 0 Å². The zero-order valence-corrected chi connectivity index (χ0v) is 16.3. The molecule has 4 nitrogen and oxygen atoms in total. The van der Waals surface area contributed by atoms with E-state index in [1.807, 2.05) is 54.6 Å². The summed E-state index contributed by atoms with van der Waals surface area (Å²) in [6.45, 7) is 0.977. The second-order valence-electron chi connectivity index (χ2n) is 5.72. The second kappa shape index (κ2) is 8.92. The van der Waals surface area contributed by atoms with E-state index in [2.05, 4.69) is 26.6 Å². The monoisotopic (exact) mass is 432 g/mol. The Kier molecular flexibility index (Phi) is 6.36. The van der Waals surface area contributed by atoms with E-state index in [9.17, 15) is 4.79 Å². The molecule has 0 aliphatic rings. The SMILES string of the molecule is O=C(NCCCOc1ccc(Br)cc1Cl)Nc1ccc2ccccc2c1. The number of ether oxygens (including phenoxy) is 1.